The van der Waals surface area contributed by atoms with E-state index >= 15 is 0 Å². The minimum atomic E-state index is -0.113. The Morgan fingerprint density at radius 1 is 1.26 bits per heavy atom. The Morgan fingerprint density at radius 3 is 2.63 bits per heavy atom. The van der Waals surface area contributed by atoms with Crippen LogP contribution in [0.2, 0.25) is 0 Å². The molecule has 19 heavy (non-hydrogen) atoms. The molecule has 3 nitrogen and oxygen atoms in total. The first kappa shape index (κ1) is 14.1. The maximum atomic E-state index is 12.1. The Hall–Kier alpha value is -1.31. The summed E-state index contributed by atoms with van der Waals surface area (Å²) in [5.41, 5.74) is 1.64. The van der Waals surface area contributed by atoms with Gasteiger partial charge in [0.1, 0.15) is 0 Å². The van der Waals surface area contributed by atoms with E-state index in [9.17, 15) is 4.79 Å². The van der Waals surface area contributed by atoms with Crippen molar-refractivity contribution >= 4 is 21.7 Å². The first-order valence-corrected chi connectivity index (χ1v) is 7.11. The van der Waals surface area contributed by atoms with Crippen molar-refractivity contribution in [1.82, 2.24) is 9.80 Å². The molecule has 1 saturated heterocycles. The quantitative estimate of drug-likeness (QED) is 0.585. The molecule has 100 valence electrons. The molecule has 4 heteroatoms. The summed E-state index contributed by atoms with van der Waals surface area (Å²) in [5.74, 6) is 2.64. The number of piperazine rings is 1. The van der Waals surface area contributed by atoms with Crippen LogP contribution >= 0.6 is 15.9 Å². The summed E-state index contributed by atoms with van der Waals surface area (Å²) < 4.78 is 0.905. The molecule has 0 radical (unpaired) electrons. The number of hydrogen-bond donors (Lipinski definition) is 0. The lowest BCUT2D eigenvalue weighted by molar-refractivity contribution is 0.105. The number of carbonyl (C=O) groups excluding carboxylic acids is 1. The monoisotopic (exact) mass is 320 g/mol. The third kappa shape index (κ3) is 3.82. The van der Waals surface area contributed by atoms with E-state index in [2.05, 4.69) is 39.8 Å². The van der Waals surface area contributed by atoms with Gasteiger partial charge in [0.25, 0.3) is 0 Å². The van der Waals surface area contributed by atoms with Gasteiger partial charge in [0, 0.05) is 42.3 Å². The van der Waals surface area contributed by atoms with Gasteiger partial charge in [0.05, 0.1) is 0 Å². The van der Waals surface area contributed by atoms with Crippen molar-refractivity contribution in [2.45, 2.75) is 6.92 Å². The van der Waals surface area contributed by atoms with Crippen molar-refractivity contribution in [1.29, 1.82) is 0 Å². The van der Waals surface area contributed by atoms with Gasteiger partial charge in [0.15, 0.2) is 0 Å². The average molecular weight is 321 g/mol. The topological polar surface area (TPSA) is 23.6 Å². The van der Waals surface area contributed by atoms with Gasteiger partial charge < -0.3 is 9.80 Å². The minimum absolute atomic E-state index is 0.113. The fraction of sp³-hybridized carbons (Fsp3) is 0.400. The molecule has 0 saturated carbocycles. The number of Topliss-reactive ketones (excluding diaryl/α,β-unsaturated/α-hetero) is 1. The van der Waals surface area contributed by atoms with Crippen LogP contribution in [0, 0.1) is 18.9 Å². The molecule has 1 aliphatic heterocycles. The van der Waals surface area contributed by atoms with Gasteiger partial charge in [-0.15, -0.1) is 0 Å². The van der Waals surface area contributed by atoms with Gasteiger partial charge in [-0.2, -0.15) is 0 Å². The third-order valence-electron chi connectivity index (χ3n) is 3.28. The minimum Gasteiger partial charge on any atom is -0.330 e. The first-order chi connectivity index (χ1) is 9.06. The lowest BCUT2D eigenvalue weighted by Gasteiger charge is -2.29. The molecule has 0 aliphatic carbocycles. The SMILES string of the molecule is Cc1ccc(Br)cc1C(=O)C#CN1CCN(C)CC1. The summed E-state index contributed by atoms with van der Waals surface area (Å²) in [6.45, 7) is 5.72. The molecule has 0 bridgehead atoms. The zero-order valence-corrected chi connectivity index (χ0v) is 12.8. The van der Waals surface area contributed by atoms with Crippen molar-refractivity contribution in [3.05, 3.63) is 33.8 Å². The summed E-state index contributed by atoms with van der Waals surface area (Å²) >= 11 is 3.38. The Bertz CT molecular complexity index is 537. The van der Waals surface area contributed by atoms with Gasteiger partial charge in [-0.25, -0.2) is 0 Å². The Labute approximate surface area is 122 Å². The second-order valence-corrected chi connectivity index (χ2v) is 5.73. The second kappa shape index (κ2) is 6.23. The molecule has 2 rings (SSSR count). The molecule has 0 spiro atoms. The number of hydrogen-bond acceptors (Lipinski definition) is 3. The van der Waals surface area contributed by atoms with Crippen molar-refractivity contribution in [2.24, 2.45) is 0 Å². The molecule has 1 aliphatic rings. The molecule has 0 unspecified atom stereocenters. The molecule has 1 aromatic rings. The molecular formula is C15H17BrN2O. The second-order valence-electron chi connectivity index (χ2n) is 4.82. The molecule has 0 aromatic heterocycles. The molecule has 0 atom stereocenters. The maximum Gasteiger partial charge on any atom is 0.237 e. The first-order valence-electron chi connectivity index (χ1n) is 6.32. The van der Waals surface area contributed by atoms with E-state index in [1.54, 1.807) is 0 Å². The fourth-order valence-electron chi connectivity index (χ4n) is 1.95. The van der Waals surface area contributed by atoms with Crippen LogP contribution in [0.3, 0.4) is 0 Å². The lowest BCUT2D eigenvalue weighted by atomic mass is 10.1. The predicted octanol–water partition coefficient (Wildman–Crippen LogP) is 2.15. The molecule has 0 amide bonds. The summed E-state index contributed by atoms with van der Waals surface area (Å²) in [5, 5.41) is 0. The van der Waals surface area contributed by atoms with E-state index in [4.69, 9.17) is 0 Å². The van der Waals surface area contributed by atoms with Gasteiger partial charge in [-0.1, -0.05) is 22.0 Å². The van der Waals surface area contributed by atoms with E-state index in [0.29, 0.717) is 5.56 Å². The van der Waals surface area contributed by atoms with Crippen molar-refractivity contribution < 1.29 is 4.79 Å². The molecule has 1 fully saturated rings. The van der Waals surface area contributed by atoms with Gasteiger partial charge >= 0.3 is 0 Å². The number of halogens is 1. The van der Waals surface area contributed by atoms with E-state index in [-0.39, 0.29) is 5.78 Å². The van der Waals surface area contributed by atoms with Crippen LogP contribution < -0.4 is 0 Å². The number of likely N-dealkylation sites (N-methyl/N-ethyl adjacent to an activating group) is 1. The van der Waals surface area contributed by atoms with Gasteiger partial charge in [0.2, 0.25) is 5.78 Å². The van der Waals surface area contributed by atoms with Crippen molar-refractivity contribution in [2.75, 3.05) is 33.2 Å². The number of benzene rings is 1. The summed E-state index contributed by atoms with van der Waals surface area (Å²) in [6.07, 6.45) is 0. The largest absolute Gasteiger partial charge is 0.330 e. The van der Waals surface area contributed by atoms with Crippen LogP contribution in [-0.2, 0) is 0 Å². The van der Waals surface area contributed by atoms with Gasteiger partial charge in [-0.3, -0.25) is 4.79 Å². The van der Waals surface area contributed by atoms with Crippen LogP contribution in [0.15, 0.2) is 22.7 Å². The van der Waals surface area contributed by atoms with Crippen molar-refractivity contribution in [3.63, 3.8) is 0 Å². The zero-order chi connectivity index (χ0) is 13.8. The highest BCUT2D eigenvalue weighted by molar-refractivity contribution is 9.10. The lowest BCUT2D eigenvalue weighted by Crippen LogP contribution is -2.42. The summed E-state index contributed by atoms with van der Waals surface area (Å²) in [6, 6.07) is 8.66. The van der Waals surface area contributed by atoms with Crippen molar-refractivity contribution in [3.8, 4) is 12.0 Å². The third-order valence-corrected chi connectivity index (χ3v) is 3.77. The normalized spacial score (nSPS) is 15.8. The van der Waals surface area contributed by atoms with Crippen LogP contribution in [0.5, 0.6) is 0 Å². The fourth-order valence-corrected chi connectivity index (χ4v) is 2.32. The standard InChI is InChI=1S/C15H17BrN2O/c1-12-3-4-13(16)11-14(12)15(19)5-6-18-9-7-17(2)8-10-18/h3-4,11H,7-10H2,1-2H3. The molecule has 0 N–H and O–H groups in total. The Kier molecular flexibility index (Phi) is 4.62. The predicted molar refractivity (Wildman–Crippen MR) is 80.1 cm³/mol. The zero-order valence-electron chi connectivity index (χ0n) is 11.2. The number of carbonyl (C=O) groups is 1. The number of nitrogens with zero attached hydrogens (tertiary/aromatic N) is 2. The van der Waals surface area contributed by atoms with Crippen LogP contribution in [0.1, 0.15) is 15.9 Å². The number of aryl methyl sites for hydroxylation is 1. The summed E-state index contributed by atoms with van der Waals surface area (Å²) in [7, 11) is 2.10. The molecular weight excluding hydrogens is 304 g/mol. The highest BCUT2D eigenvalue weighted by Crippen LogP contribution is 2.16. The Balaban J connectivity index is 2.07. The van der Waals surface area contributed by atoms with E-state index in [1.807, 2.05) is 30.0 Å². The smallest absolute Gasteiger partial charge is 0.237 e. The van der Waals surface area contributed by atoms with E-state index < -0.39 is 0 Å². The highest BCUT2D eigenvalue weighted by atomic mass is 79.9. The van der Waals surface area contributed by atoms with E-state index in [0.717, 1.165) is 36.2 Å². The molecule has 1 aromatic carbocycles. The number of rotatable bonds is 1. The van der Waals surface area contributed by atoms with Gasteiger partial charge in [-0.05, 0) is 37.6 Å². The highest BCUT2D eigenvalue weighted by Gasteiger charge is 2.11. The van der Waals surface area contributed by atoms with E-state index in [1.165, 1.54) is 0 Å². The summed E-state index contributed by atoms with van der Waals surface area (Å²) in [4.78, 5) is 16.4. The van der Waals surface area contributed by atoms with Crippen LogP contribution in [0.25, 0.3) is 0 Å². The maximum absolute atomic E-state index is 12.1. The molecule has 1 heterocycles. The van der Waals surface area contributed by atoms with Crippen LogP contribution in [0.4, 0.5) is 0 Å². The average Bonchev–Trinajstić information content (AvgIpc) is 2.40. The Morgan fingerprint density at radius 2 is 1.95 bits per heavy atom. The van der Waals surface area contributed by atoms with Crippen LogP contribution in [-0.4, -0.2) is 48.8 Å². The number of ketones is 1.